The molecular weight excluding hydrogens is 131 g/mol. The Labute approximate surface area is 70.1 Å². The van der Waals surface area contributed by atoms with E-state index in [1.807, 2.05) is 0 Å². The van der Waals surface area contributed by atoms with Crippen molar-refractivity contribution in [3.8, 4) is 0 Å². The first-order valence-corrected chi connectivity index (χ1v) is 0. The third-order valence-corrected chi connectivity index (χ3v) is 0. The number of hydrogen-bond acceptors (Lipinski definition) is 0. The molecule has 0 amide bonds. The molecule has 2 radical (unpaired) electrons. The summed E-state index contributed by atoms with van der Waals surface area (Å²) in [4.78, 5) is 0. The zero-order chi connectivity index (χ0) is 0. The maximum Gasteiger partial charge on any atom is 0 e. The van der Waals surface area contributed by atoms with Gasteiger partial charge >= 0.3 is 0 Å². The standard InChI is InChI=1S/2Li.2Ni. The van der Waals surface area contributed by atoms with E-state index in [1.165, 1.54) is 0 Å². The van der Waals surface area contributed by atoms with Crippen LogP contribution in [0.2, 0.25) is 0 Å². The van der Waals surface area contributed by atoms with E-state index < -0.39 is 0 Å². The molecule has 4 heavy (non-hydrogen) atoms. The molecule has 0 aromatic rings. The molecule has 0 aliphatic heterocycles. The molecule has 0 aliphatic rings. The molecule has 0 N–H and O–H groups in total. The van der Waals surface area contributed by atoms with Crippen LogP contribution in [0.5, 0.6) is 0 Å². The predicted octanol–water partition coefficient (Wildman–Crippen LogP) is -0.767. The maximum atomic E-state index is 0. The Morgan fingerprint density at radius 2 is 0.500 bits per heavy atom. The molecule has 22 valence electrons. The smallest absolute Gasteiger partial charge is 0 e. The summed E-state index contributed by atoms with van der Waals surface area (Å²) in [5.74, 6) is 0. The molecule has 0 aromatic heterocycles. The second kappa shape index (κ2) is 19.0. The summed E-state index contributed by atoms with van der Waals surface area (Å²) in [6.45, 7) is 0. The van der Waals surface area contributed by atoms with Crippen LogP contribution in [-0.4, -0.2) is 37.7 Å². The topological polar surface area (TPSA) is 0 Å². The first kappa shape index (κ1) is 34.9. The van der Waals surface area contributed by atoms with Gasteiger partial charge in [0.25, 0.3) is 0 Å². The van der Waals surface area contributed by atoms with Crippen molar-refractivity contribution in [1.29, 1.82) is 0 Å². The summed E-state index contributed by atoms with van der Waals surface area (Å²) in [6, 6.07) is 0. The van der Waals surface area contributed by atoms with Gasteiger partial charge in [-0.05, 0) is 0 Å². The normalized spacial score (nSPS) is 0. The van der Waals surface area contributed by atoms with E-state index in [9.17, 15) is 0 Å². The molecule has 0 heterocycles. The Morgan fingerprint density at radius 1 is 0.500 bits per heavy atom. The molecule has 0 aromatic carbocycles. The fourth-order valence-electron chi connectivity index (χ4n) is 0. The zero-order valence-electron chi connectivity index (χ0n) is 2.63. The van der Waals surface area contributed by atoms with E-state index in [1.54, 1.807) is 0 Å². The van der Waals surface area contributed by atoms with Gasteiger partial charge in [-0.25, -0.2) is 0 Å². The van der Waals surface area contributed by atoms with Crippen molar-refractivity contribution in [2.45, 2.75) is 0 Å². The molecule has 0 saturated carbocycles. The molecular formula is Li2Ni2. The van der Waals surface area contributed by atoms with Crippen molar-refractivity contribution < 1.29 is 33.0 Å². The van der Waals surface area contributed by atoms with Gasteiger partial charge in [0.2, 0.25) is 0 Å². The van der Waals surface area contributed by atoms with Crippen molar-refractivity contribution in [2.24, 2.45) is 0 Å². The van der Waals surface area contributed by atoms with Crippen LogP contribution >= 0.6 is 0 Å². The third kappa shape index (κ3) is 8.89. The van der Waals surface area contributed by atoms with E-state index in [0.717, 1.165) is 0 Å². The minimum atomic E-state index is 0. The molecule has 0 saturated heterocycles. The molecule has 0 aliphatic carbocycles. The van der Waals surface area contributed by atoms with Crippen molar-refractivity contribution in [2.75, 3.05) is 0 Å². The van der Waals surface area contributed by atoms with Crippen LogP contribution in [0.4, 0.5) is 0 Å². The summed E-state index contributed by atoms with van der Waals surface area (Å²) in [5.41, 5.74) is 0. The van der Waals surface area contributed by atoms with Crippen LogP contribution in [0.1, 0.15) is 0 Å². The molecule has 0 fully saturated rings. The zero-order valence-corrected chi connectivity index (χ0v) is 4.61. The van der Waals surface area contributed by atoms with Gasteiger partial charge < -0.3 is 0 Å². The van der Waals surface area contributed by atoms with E-state index in [2.05, 4.69) is 0 Å². The average molecular weight is 131 g/mol. The fraction of sp³-hybridized carbons (Fsp3) is 0. The Hall–Kier alpha value is 2.18. The van der Waals surface area contributed by atoms with Crippen molar-refractivity contribution in [1.82, 2.24) is 0 Å². The third-order valence-electron chi connectivity index (χ3n) is 0. The molecule has 0 bridgehead atoms. The van der Waals surface area contributed by atoms with Gasteiger partial charge in [-0.3, -0.25) is 0 Å². The van der Waals surface area contributed by atoms with Crippen LogP contribution in [0.15, 0.2) is 0 Å². The summed E-state index contributed by atoms with van der Waals surface area (Å²) in [6.07, 6.45) is 0. The molecule has 0 unspecified atom stereocenters. The Bertz CT molecular complexity index is 4.00. The Morgan fingerprint density at radius 3 is 0.500 bits per heavy atom. The largest absolute Gasteiger partial charge is 0 e. The fourth-order valence-corrected chi connectivity index (χ4v) is 0. The minimum absolute atomic E-state index is 0. The second-order valence-corrected chi connectivity index (χ2v) is 0. The minimum Gasteiger partial charge on any atom is 0 e. The van der Waals surface area contributed by atoms with Crippen molar-refractivity contribution >= 4 is 37.7 Å². The van der Waals surface area contributed by atoms with Crippen molar-refractivity contribution in [3.05, 3.63) is 0 Å². The van der Waals surface area contributed by atoms with Gasteiger partial charge in [0.1, 0.15) is 0 Å². The Balaban J connectivity index is 0. The summed E-state index contributed by atoms with van der Waals surface area (Å²) >= 11 is 0. The monoisotopic (exact) mass is 130 g/mol. The average Bonchev–Trinajstić information content (AvgIpc) is 0. The van der Waals surface area contributed by atoms with E-state index in [0.29, 0.717) is 0 Å². The van der Waals surface area contributed by atoms with Gasteiger partial charge in [0.05, 0.1) is 0 Å². The summed E-state index contributed by atoms with van der Waals surface area (Å²) in [5, 5.41) is 0. The quantitative estimate of drug-likeness (QED) is 0.379. The van der Waals surface area contributed by atoms with Gasteiger partial charge in [-0.2, -0.15) is 0 Å². The van der Waals surface area contributed by atoms with Crippen LogP contribution in [0.3, 0.4) is 0 Å². The molecule has 0 spiro atoms. The van der Waals surface area contributed by atoms with Crippen molar-refractivity contribution in [3.63, 3.8) is 0 Å². The molecule has 0 rings (SSSR count). The van der Waals surface area contributed by atoms with Gasteiger partial charge in [0, 0.05) is 70.7 Å². The number of hydrogen-bond donors (Lipinski definition) is 0. The second-order valence-electron chi connectivity index (χ2n) is 0. The van der Waals surface area contributed by atoms with Gasteiger partial charge in [0.15, 0.2) is 0 Å². The van der Waals surface area contributed by atoms with E-state index >= 15 is 0 Å². The molecule has 0 atom stereocenters. The van der Waals surface area contributed by atoms with Crippen LogP contribution in [0, 0.1) is 0 Å². The first-order chi connectivity index (χ1) is 0. The van der Waals surface area contributed by atoms with Gasteiger partial charge in [-0.15, -0.1) is 0 Å². The summed E-state index contributed by atoms with van der Waals surface area (Å²) < 4.78 is 0. The van der Waals surface area contributed by atoms with Crippen LogP contribution in [0.25, 0.3) is 0 Å². The SMILES string of the molecule is [Li].[Li].[Ni].[Ni]. The van der Waals surface area contributed by atoms with E-state index in [-0.39, 0.29) is 70.7 Å². The predicted molar refractivity (Wildman–Crippen MR) is 11.5 cm³/mol. The maximum absolute atomic E-state index is 0. The van der Waals surface area contributed by atoms with Gasteiger partial charge in [-0.1, -0.05) is 0 Å². The first-order valence-electron chi connectivity index (χ1n) is 0. The van der Waals surface area contributed by atoms with E-state index in [4.69, 9.17) is 0 Å². The summed E-state index contributed by atoms with van der Waals surface area (Å²) in [7, 11) is 0. The molecule has 0 nitrogen and oxygen atoms in total. The van der Waals surface area contributed by atoms with Crippen LogP contribution in [-0.2, 0) is 33.0 Å². The Kier molecular flexibility index (Phi) is 166. The molecule has 4 heteroatoms. The number of rotatable bonds is 0. The van der Waals surface area contributed by atoms with Crippen LogP contribution < -0.4 is 0 Å².